The van der Waals surface area contributed by atoms with Crippen molar-refractivity contribution in [2.45, 2.75) is 19.3 Å². The second kappa shape index (κ2) is 9.65. The SMILES string of the molecule is CN(CCCN1c2ccccc2CCc2ccccc21)c1nc(-c2ccc([N+](=O)[O-])cc2)cs1. The molecule has 0 N–H and O–H groups in total. The fourth-order valence-corrected chi connectivity index (χ4v) is 5.33. The van der Waals surface area contributed by atoms with E-state index in [9.17, 15) is 10.1 Å². The van der Waals surface area contributed by atoms with E-state index in [1.165, 1.54) is 34.6 Å². The number of nitrogens with zero attached hydrogens (tertiary/aromatic N) is 4. The van der Waals surface area contributed by atoms with E-state index in [1.807, 2.05) is 5.38 Å². The van der Waals surface area contributed by atoms with Crippen molar-refractivity contribution in [2.24, 2.45) is 0 Å². The number of nitro groups is 1. The van der Waals surface area contributed by atoms with E-state index in [2.05, 4.69) is 65.4 Å². The van der Waals surface area contributed by atoms with Crippen molar-refractivity contribution in [3.8, 4) is 11.3 Å². The van der Waals surface area contributed by atoms with Gasteiger partial charge in [0.15, 0.2) is 5.13 Å². The van der Waals surface area contributed by atoms with Gasteiger partial charge in [0.05, 0.1) is 10.6 Å². The first-order valence-corrected chi connectivity index (χ1v) is 12.3. The number of para-hydroxylation sites is 2. The smallest absolute Gasteiger partial charge is 0.269 e. The Bertz CT molecular complexity index is 1250. The molecule has 0 saturated carbocycles. The van der Waals surface area contributed by atoms with Crippen LogP contribution < -0.4 is 9.80 Å². The van der Waals surface area contributed by atoms with Crippen LogP contribution in [0.4, 0.5) is 22.2 Å². The lowest BCUT2D eigenvalue weighted by molar-refractivity contribution is -0.384. The molecule has 2 heterocycles. The van der Waals surface area contributed by atoms with Crippen molar-refractivity contribution < 1.29 is 4.92 Å². The molecule has 4 aromatic rings. The number of hydrogen-bond acceptors (Lipinski definition) is 6. The van der Waals surface area contributed by atoms with Crippen LogP contribution in [-0.4, -0.2) is 30.0 Å². The Morgan fingerprint density at radius 2 is 1.59 bits per heavy atom. The van der Waals surface area contributed by atoms with Gasteiger partial charge >= 0.3 is 0 Å². The molecule has 3 aromatic carbocycles. The number of non-ortho nitro benzene ring substituents is 1. The first-order chi connectivity index (χ1) is 16.6. The van der Waals surface area contributed by atoms with E-state index in [1.54, 1.807) is 23.5 Å². The van der Waals surface area contributed by atoms with E-state index < -0.39 is 0 Å². The first-order valence-electron chi connectivity index (χ1n) is 11.4. The summed E-state index contributed by atoms with van der Waals surface area (Å²) < 4.78 is 0. The van der Waals surface area contributed by atoms with Crippen LogP contribution in [0.1, 0.15) is 17.5 Å². The maximum absolute atomic E-state index is 10.9. The third-order valence-electron chi connectivity index (χ3n) is 6.30. The molecule has 0 saturated heterocycles. The van der Waals surface area contributed by atoms with Crippen LogP contribution in [0.15, 0.2) is 78.2 Å². The molecule has 172 valence electrons. The van der Waals surface area contributed by atoms with Crippen molar-refractivity contribution in [3.05, 3.63) is 99.4 Å². The average Bonchev–Trinajstić information content (AvgIpc) is 3.31. The van der Waals surface area contributed by atoms with Crippen LogP contribution >= 0.6 is 11.3 Å². The van der Waals surface area contributed by atoms with Gasteiger partial charge in [-0.15, -0.1) is 11.3 Å². The van der Waals surface area contributed by atoms with E-state index in [0.29, 0.717) is 0 Å². The third kappa shape index (κ3) is 4.52. The minimum atomic E-state index is -0.384. The summed E-state index contributed by atoms with van der Waals surface area (Å²) in [6.07, 6.45) is 3.12. The van der Waals surface area contributed by atoms with Crippen molar-refractivity contribution in [2.75, 3.05) is 29.9 Å². The zero-order valence-corrected chi connectivity index (χ0v) is 19.9. The molecule has 34 heavy (non-hydrogen) atoms. The van der Waals surface area contributed by atoms with Crippen molar-refractivity contribution in [3.63, 3.8) is 0 Å². The summed E-state index contributed by atoms with van der Waals surface area (Å²) in [5.41, 5.74) is 7.25. The summed E-state index contributed by atoms with van der Waals surface area (Å²) in [7, 11) is 2.07. The summed E-state index contributed by atoms with van der Waals surface area (Å²) >= 11 is 1.60. The van der Waals surface area contributed by atoms with Crippen molar-refractivity contribution in [1.82, 2.24) is 4.98 Å². The summed E-state index contributed by atoms with van der Waals surface area (Å²) in [6, 6.07) is 24.0. The Balaban J connectivity index is 1.27. The molecule has 0 radical (unpaired) electrons. The molecule has 1 aromatic heterocycles. The highest BCUT2D eigenvalue weighted by molar-refractivity contribution is 7.14. The van der Waals surface area contributed by atoms with E-state index in [0.717, 1.165) is 48.7 Å². The van der Waals surface area contributed by atoms with Gasteiger partial charge in [0.25, 0.3) is 5.69 Å². The standard InChI is InChI=1S/C27H26N4O2S/c1-29(27-28-24(19-34-27)20-13-15-23(16-14-20)31(32)33)17-6-18-30-25-9-4-2-7-21(25)11-12-22-8-3-5-10-26(22)30/h2-5,7-10,13-16,19H,6,11-12,17-18H2,1H3. The van der Waals surface area contributed by atoms with Crippen molar-refractivity contribution >= 4 is 33.5 Å². The zero-order chi connectivity index (χ0) is 23.5. The van der Waals surface area contributed by atoms with E-state index in [4.69, 9.17) is 4.98 Å². The number of rotatable bonds is 7. The first kappa shape index (κ1) is 22.1. The van der Waals surface area contributed by atoms with Gasteiger partial charge in [-0.25, -0.2) is 4.98 Å². The minimum absolute atomic E-state index is 0.0907. The number of aromatic nitrogens is 1. The third-order valence-corrected chi connectivity index (χ3v) is 7.25. The van der Waals surface area contributed by atoms with Gasteiger partial charge in [0, 0.05) is 54.6 Å². The van der Waals surface area contributed by atoms with Crippen LogP contribution in [0, 0.1) is 10.1 Å². The zero-order valence-electron chi connectivity index (χ0n) is 19.1. The average molecular weight is 471 g/mol. The van der Waals surface area contributed by atoms with Gasteiger partial charge in [-0.05, 0) is 54.7 Å². The molecule has 7 heteroatoms. The van der Waals surface area contributed by atoms with Gasteiger partial charge < -0.3 is 9.80 Å². The summed E-state index contributed by atoms with van der Waals surface area (Å²) in [5.74, 6) is 0. The maximum atomic E-state index is 10.9. The molecule has 0 unspecified atom stereocenters. The summed E-state index contributed by atoms with van der Waals surface area (Å²) in [6.45, 7) is 1.81. The molecule has 0 atom stereocenters. The lowest BCUT2D eigenvalue weighted by Gasteiger charge is -2.28. The number of hydrogen-bond donors (Lipinski definition) is 0. The van der Waals surface area contributed by atoms with Gasteiger partial charge in [-0.2, -0.15) is 0 Å². The normalized spacial score (nSPS) is 12.6. The Kier molecular flexibility index (Phi) is 6.27. The number of benzene rings is 3. The molecule has 1 aliphatic heterocycles. The Morgan fingerprint density at radius 1 is 0.971 bits per heavy atom. The van der Waals surface area contributed by atoms with Crippen LogP contribution in [0.2, 0.25) is 0 Å². The molecule has 5 rings (SSSR count). The fourth-order valence-electron chi connectivity index (χ4n) is 4.50. The molecular formula is C27H26N4O2S. The van der Waals surface area contributed by atoms with Gasteiger partial charge in [0.1, 0.15) is 0 Å². The molecule has 0 amide bonds. The van der Waals surface area contributed by atoms with E-state index >= 15 is 0 Å². The molecule has 6 nitrogen and oxygen atoms in total. The van der Waals surface area contributed by atoms with Crippen LogP contribution in [0.3, 0.4) is 0 Å². The number of fused-ring (bicyclic) bond motifs is 2. The molecular weight excluding hydrogens is 444 g/mol. The van der Waals surface area contributed by atoms with E-state index in [-0.39, 0.29) is 10.6 Å². The number of anilines is 3. The van der Waals surface area contributed by atoms with Gasteiger partial charge in [-0.1, -0.05) is 36.4 Å². The maximum Gasteiger partial charge on any atom is 0.269 e. The summed E-state index contributed by atoms with van der Waals surface area (Å²) in [5, 5.41) is 13.9. The van der Waals surface area contributed by atoms with Crippen molar-refractivity contribution in [1.29, 1.82) is 0 Å². The number of aryl methyl sites for hydroxylation is 2. The molecule has 0 fully saturated rings. The molecule has 1 aliphatic rings. The topological polar surface area (TPSA) is 62.5 Å². The lowest BCUT2D eigenvalue weighted by Crippen LogP contribution is -2.25. The monoisotopic (exact) mass is 470 g/mol. The second-order valence-corrected chi connectivity index (χ2v) is 9.34. The molecule has 0 bridgehead atoms. The van der Waals surface area contributed by atoms with Crippen LogP contribution in [0.25, 0.3) is 11.3 Å². The quantitative estimate of drug-likeness (QED) is 0.228. The lowest BCUT2D eigenvalue weighted by atomic mass is 10.0. The highest BCUT2D eigenvalue weighted by Crippen LogP contribution is 2.36. The predicted molar refractivity (Wildman–Crippen MR) is 139 cm³/mol. The van der Waals surface area contributed by atoms with Crippen LogP contribution in [0.5, 0.6) is 0 Å². The second-order valence-electron chi connectivity index (χ2n) is 8.50. The highest BCUT2D eigenvalue weighted by atomic mass is 32.1. The molecule has 0 spiro atoms. The van der Waals surface area contributed by atoms with Crippen LogP contribution in [-0.2, 0) is 12.8 Å². The van der Waals surface area contributed by atoms with Gasteiger partial charge in [-0.3, -0.25) is 10.1 Å². The number of thiazole rings is 1. The Labute approximate surface area is 203 Å². The predicted octanol–water partition coefficient (Wildman–Crippen LogP) is 6.48. The Hall–Kier alpha value is -3.71. The largest absolute Gasteiger partial charge is 0.351 e. The Morgan fingerprint density at radius 3 is 2.21 bits per heavy atom. The molecule has 0 aliphatic carbocycles. The van der Waals surface area contributed by atoms with Gasteiger partial charge in [0.2, 0.25) is 0 Å². The summed E-state index contributed by atoms with van der Waals surface area (Å²) in [4.78, 5) is 19.9. The minimum Gasteiger partial charge on any atom is -0.351 e. The fraction of sp³-hybridized carbons (Fsp3) is 0.222. The highest BCUT2D eigenvalue weighted by Gasteiger charge is 2.20. The number of nitro benzene ring substituents is 1.